The van der Waals surface area contributed by atoms with Crippen LogP contribution in [0.2, 0.25) is 0 Å². The van der Waals surface area contributed by atoms with Crippen molar-refractivity contribution in [1.29, 1.82) is 0 Å². The summed E-state index contributed by atoms with van der Waals surface area (Å²) in [5.41, 5.74) is 1.11. The number of benzene rings is 1. The predicted octanol–water partition coefficient (Wildman–Crippen LogP) is 4.67. The first-order chi connectivity index (χ1) is 16.7. The Bertz CT molecular complexity index is 1290. The lowest BCUT2D eigenvalue weighted by Gasteiger charge is -2.21. The molecule has 1 aromatic carbocycles. The first-order valence-corrected chi connectivity index (χ1v) is 12.1. The number of carbonyl (C=O) groups excluding carboxylic acids is 1. The molecule has 4 heterocycles. The number of thiazole rings is 1. The lowest BCUT2D eigenvalue weighted by Crippen LogP contribution is -2.42. The molecule has 3 aromatic heterocycles. The average Bonchev–Trinajstić information content (AvgIpc) is 3.51. The van der Waals surface area contributed by atoms with Crippen LogP contribution in [0.1, 0.15) is 33.0 Å². The van der Waals surface area contributed by atoms with Crippen LogP contribution in [0.15, 0.2) is 47.0 Å². The van der Waals surface area contributed by atoms with Crippen LogP contribution < -0.4 is 10.1 Å². The zero-order valence-corrected chi connectivity index (χ0v) is 20.7. The second-order valence-electron chi connectivity index (χ2n) is 9.37. The van der Waals surface area contributed by atoms with Crippen molar-refractivity contribution in [2.45, 2.75) is 39.8 Å². The summed E-state index contributed by atoms with van der Waals surface area (Å²) in [6, 6.07) is 12.0. The summed E-state index contributed by atoms with van der Waals surface area (Å²) in [7, 11) is 0. The number of carbonyl (C=O) groups is 2. The van der Waals surface area contributed by atoms with Crippen molar-refractivity contribution >= 4 is 45.0 Å². The van der Waals surface area contributed by atoms with E-state index in [0.29, 0.717) is 16.6 Å². The van der Waals surface area contributed by atoms with Gasteiger partial charge in [-0.25, -0.2) is 4.98 Å². The van der Waals surface area contributed by atoms with Crippen LogP contribution in [0, 0.1) is 5.41 Å². The van der Waals surface area contributed by atoms with Gasteiger partial charge in [0.2, 0.25) is 5.91 Å². The topological polar surface area (TPSA) is 118 Å². The molecule has 0 saturated carbocycles. The molecule has 5 rings (SSSR count). The maximum atomic E-state index is 12.2. The SMILES string of the molecule is CC(C)(C)C(=O)NC1CCN(Cc2cc3ccc(Oc4nc5ncccc5s4)cc3o2)C1.O=CO. The highest BCUT2D eigenvalue weighted by Crippen LogP contribution is 2.32. The standard InChI is InChI=1S/C24H26N4O3S.CH2O2/c1-24(2,3)22(29)26-16-8-10-28(13-16)14-18-11-15-6-7-17(12-19(15)30-18)31-23-27-21-20(32-23)5-4-9-25-21;2-1-3/h4-7,9,11-12,16H,8,10,13-14H2,1-3H3,(H,26,29);1H,(H,2,3). The van der Waals surface area contributed by atoms with Gasteiger partial charge in [0.25, 0.3) is 11.7 Å². The summed E-state index contributed by atoms with van der Waals surface area (Å²) in [4.78, 5) is 31.6. The number of fused-ring (bicyclic) bond motifs is 2. The van der Waals surface area contributed by atoms with E-state index in [0.717, 1.165) is 47.5 Å². The molecule has 184 valence electrons. The van der Waals surface area contributed by atoms with Crippen molar-refractivity contribution in [2.75, 3.05) is 13.1 Å². The summed E-state index contributed by atoms with van der Waals surface area (Å²) in [5, 5.41) is 11.7. The molecule has 0 bridgehead atoms. The van der Waals surface area contributed by atoms with E-state index in [1.165, 1.54) is 11.3 Å². The van der Waals surface area contributed by atoms with E-state index in [-0.39, 0.29) is 23.8 Å². The van der Waals surface area contributed by atoms with Crippen LogP contribution in [0.4, 0.5) is 0 Å². The number of nitrogens with one attached hydrogen (secondary N) is 1. The summed E-state index contributed by atoms with van der Waals surface area (Å²) in [6.45, 7) is 8.06. The van der Waals surface area contributed by atoms with Gasteiger partial charge in [-0.15, -0.1) is 0 Å². The Morgan fingerprint density at radius 1 is 1.34 bits per heavy atom. The quantitative estimate of drug-likeness (QED) is 0.383. The summed E-state index contributed by atoms with van der Waals surface area (Å²) >= 11 is 1.47. The van der Waals surface area contributed by atoms with Crippen LogP contribution in [0.3, 0.4) is 0 Å². The molecular weight excluding hydrogens is 468 g/mol. The molecule has 1 unspecified atom stereocenters. The van der Waals surface area contributed by atoms with Crippen LogP contribution >= 0.6 is 11.3 Å². The number of ether oxygens (including phenoxy) is 1. The number of likely N-dealkylation sites (tertiary alicyclic amines) is 1. The first kappa shape index (κ1) is 24.6. The summed E-state index contributed by atoms with van der Waals surface area (Å²) in [6.07, 6.45) is 2.68. The van der Waals surface area contributed by atoms with Gasteiger partial charge in [0.1, 0.15) is 17.1 Å². The van der Waals surface area contributed by atoms with Crippen LogP contribution in [0.5, 0.6) is 10.9 Å². The van der Waals surface area contributed by atoms with Crippen molar-refractivity contribution in [2.24, 2.45) is 5.41 Å². The predicted molar refractivity (Wildman–Crippen MR) is 134 cm³/mol. The highest BCUT2D eigenvalue weighted by Gasteiger charge is 2.28. The Morgan fingerprint density at radius 3 is 2.89 bits per heavy atom. The van der Waals surface area contributed by atoms with Crippen molar-refractivity contribution in [1.82, 2.24) is 20.2 Å². The average molecular weight is 497 g/mol. The lowest BCUT2D eigenvalue weighted by atomic mass is 9.95. The largest absolute Gasteiger partial charge is 0.483 e. The molecule has 10 heteroatoms. The molecule has 1 aliphatic rings. The molecule has 1 amide bonds. The summed E-state index contributed by atoms with van der Waals surface area (Å²) < 4.78 is 13.0. The van der Waals surface area contributed by atoms with E-state index >= 15 is 0 Å². The highest BCUT2D eigenvalue weighted by atomic mass is 32.1. The second kappa shape index (κ2) is 10.4. The Kier molecular flexibility index (Phi) is 7.32. The van der Waals surface area contributed by atoms with Crippen molar-refractivity contribution < 1.29 is 23.8 Å². The summed E-state index contributed by atoms with van der Waals surface area (Å²) in [5.74, 6) is 1.69. The van der Waals surface area contributed by atoms with Crippen molar-refractivity contribution in [3.05, 3.63) is 48.4 Å². The Morgan fingerprint density at radius 2 is 2.14 bits per heavy atom. The molecule has 0 aliphatic carbocycles. The van der Waals surface area contributed by atoms with Gasteiger partial charge in [-0.1, -0.05) is 32.1 Å². The number of aromatic nitrogens is 2. The number of rotatable bonds is 5. The highest BCUT2D eigenvalue weighted by molar-refractivity contribution is 7.20. The van der Waals surface area contributed by atoms with E-state index in [9.17, 15) is 4.79 Å². The lowest BCUT2D eigenvalue weighted by molar-refractivity contribution is -0.129. The van der Waals surface area contributed by atoms with Crippen molar-refractivity contribution in [3.8, 4) is 10.9 Å². The molecule has 35 heavy (non-hydrogen) atoms. The molecule has 0 radical (unpaired) electrons. The minimum Gasteiger partial charge on any atom is -0.483 e. The van der Waals surface area contributed by atoms with E-state index in [2.05, 4.69) is 26.3 Å². The fourth-order valence-corrected chi connectivity index (χ4v) is 4.61. The van der Waals surface area contributed by atoms with E-state index in [1.807, 2.05) is 51.1 Å². The fourth-order valence-electron chi connectivity index (χ4n) is 3.82. The molecule has 1 atom stereocenters. The van der Waals surface area contributed by atoms with Gasteiger partial charge < -0.3 is 19.6 Å². The van der Waals surface area contributed by atoms with E-state index < -0.39 is 0 Å². The normalized spacial score (nSPS) is 16.1. The molecule has 0 spiro atoms. The minimum atomic E-state index is -0.367. The van der Waals surface area contributed by atoms with Crippen molar-refractivity contribution in [3.63, 3.8) is 0 Å². The van der Waals surface area contributed by atoms with E-state index in [4.69, 9.17) is 19.1 Å². The minimum absolute atomic E-state index is 0.101. The maximum Gasteiger partial charge on any atom is 0.290 e. The number of hydrogen-bond acceptors (Lipinski definition) is 8. The molecule has 1 aliphatic heterocycles. The molecular formula is C25H28N4O5S. The third kappa shape index (κ3) is 6.14. The zero-order valence-electron chi connectivity index (χ0n) is 19.9. The van der Waals surface area contributed by atoms with Gasteiger partial charge in [-0.3, -0.25) is 14.5 Å². The van der Waals surface area contributed by atoms with Gasteiger partial charge in [0.15, 0.2) is 5.65 Å². The Balaban J connectivity index is 0.000000917. The van der Waals surface area contributed by atoms with Crippen LogP contribution in [-0.4, -0.2) is 51.5 Å². The van der Waals surface area contributed by atoms with Crippen LogP contribution in [-0.2, 0) is 16.1 Å². The third-order valence-electron chi connectivity index (χ3n) is 5.56. The maximum absolute atomic E-state index is 12.2. The number of hydrogen-bond donors (Lipinski definition) is 2. The van der Waals surface area contributed by atoms with Gasteiger partial charge in [-0.2, -0.15) is 4.98 Å². The van der Waals surface area contributed by atoms with Gasteiger partial charge in [0, 0.05) is 42.2 Å². The molecule has 1 saturated heterocycles. The number of pyridine rings is 1. The number of nitrogens with zero attached hydrogens (tertiary/aromatic N) is 3. The fraction of sp³-hybridized carbons (Fsp3) is 0.360. The number of furan rings is 1. The molecule has 2 N–H and O–H groups in total. The second-order valence-corrected chi connectivity index (χ2v) is 10.4. The molecule has 9 nitrogen and oxygen atoms in total. The van der Waals surface area contributed by atoms with Crippen LogP contribution in [0.25, 0.3) is 21.3 Å². The smallest absolute Gasteiger partial charge is 0.290 e. The van der Waals surface area contributed by atoms with E-state index in [1.54, 1.807) is 6.20 Å². The third-order valence-corrected chi connectivity index (χ3v) is 6.45. The monoisotopic (exact) mass is 496 g/mol. The van der Waals surface area contributed by atoms with Gasteiger partial charge in [0.05, 0.1) is 11.2 Å². The zero-order chi connectivity index (χ0) is 25.0. The molecule has 4 aromatic rings. The number of carboxylic acid groups (broad SMARTS) is 1. The Hall–Kier alpha value is -3.50. The first-order valence-electron chi connectivity index (χ1n) is 11.3. The van der Waals surface area contributed by atoms with Gasteiger partial charge >= 0.3 is 0 Å². The van der Waals surface area contributed by atoms with Gasteiger partial charge in [-0.05, 0) is 36.8 Å². The molecule has 1 fully saturated rings. The number of amides is 1. The Labute approximate surface area is 206 Å².